The number of benzene rings is 1. The molecule has 0 saturated heterocycles. The zero-order chi connectivity index (χ0) is 17.5. The molecule has 0 aliphatic heterocycles. The van der Waals surface area contributed by atoms with Crippen molar-refractivity contribution in [3.63, 3.8) is 0 Å². The molecule has 0 radical (unpaired) electrons. The second kappa shape index (κ2) is 10.5. The molecule has 0 heterocycles. The van der Waals surface area contributed by atoms with E-state index in [0.29, 0.717) is 17.5 Å². The zero-order valence-electron chi connectivity index (χ0n) is 13.9. The molecular formula is C19H32N2O4. The van der Waals surface area contributed by atoms with E-state index >= 15 is 0 Å². The topological polar surface area (TPSA) is 116 Å². The first-order valence-electron chi connectivity index (χ1n) is 8.61. The highest BCUT2D eigenvalue weighted by atomic mass is 16.3. The van der Waals surface area contributed by atoms with Gasteiger partial charge in [-0.2, -0.15) is 0 Å². The standard InChI is InChI=1S/C13H17NO3.C5H11NO.CH4/c15-8-9-3-1-2-4-12(9)13(17)14-10-5-6-11(16)7-10;6-4-1-2-5(7)3-4;/h1-4,10-11,15-16H,5-8H2,(H,14,17);4-5,7H,1-3,6H2;1H4. The average molecular weight is 352 g/mol. The van der Waals surface area contributed by atoms with E-state index in [2.05, 4.69) is 5.32 Å². The largest absolute Gasteiger partial charge is 0.393 e. The molecule has 25 heavy (non-hydrogen) atoms. The number of aliphatic hydroxyl groups is 3. The molecule has 4 unspecified atom stereocenters. The minimum absolute atomic E-state index is 0. The van der Waals surface area contributed by atoms with E-state index in [4.69, 9.17) is 15.9 Å². The molecule has 2 saturated carbocycles. The maximum absolute atomic E-state index is 12.0. The van der Waals surface area contributed by atoms with Crippen LogP contribution in [0.25, 0.3) is 0 Å². The minimum atomic E-state index is -0.298. The first kappa shape index (κ1) is 21.6. The van der Waals surface area contributed by atoms with E-state index < -0.39 is 0 Å². The lowest BCUT2D eigenvalue weighted by atomic mass is 10.1. The highest BCUT2D eigenvalue weighted by Crippen LogP contribution is 2.19. The molecule has 142 valence electrons. The van der Waals surface area contributed by atoms with Crippen LogP contribution in [0, 0.1) is 0 Å². The molecule has 6 nitrogen and oxygen atoms in total. The Kier molecular flexibility index (Phi) is 9.06. The summed E-state index contributed by atoms with van der Waals surface area (Å²) in [6, 6.07) is 7.32. The first-order chi connectivity index (χ1) is 11.5. The number of carbonyl (C=O) groups is 1. The SMILES string of the molecule is C.NC1CCC(O)C1.O=C(NC1CCC(O)C1)c1ccccc1CO. The lowest BCUT2D eigenvalue weighted by molar-refractivity contribution is 0.0931. The number of carbonyl (C=O) groups excluding carboxylic acids is 1. The predicted octanol–water partition coefficient (Wildman–Crippen LogP) is 1.32. The minimum Gasteiger partial charge on any atom is -0.393 e. The molecule has 1 amide bonds. The summed E-state index contributed by atoms with van der Waals surface area (Å²) in [6.45, 7) is -0.142. The smallest absolute Gasteiger partial charge is 0.251 e. The highest BCUT2D eigenvalue weighted by Gasteiger charge is 2.24. The van der Waals surface area contributed by atoms with Gasteiger partial charge in [0.2, 0.25) is 0 Å². The Balaban J connectivity index is 0.000000330. The van der Waals surface area contributed by atoms with Gasteiger partial charge in [-0.3, -0.25) is 4.79 Å². The van der Waals surface area contributed by atoms with Crippen LogP contribution in [0.4, 0.5) is 0 Å². The second-order valence-corrected chi connectivity index (χ2v) is 6.68. The van der Waals surface area contributed by atoms with Crippen LogP contribution in [-0.4, -0.2) is 45.5 Å². The van der Waals surface area contributed by atoms with Crippen molar-refractivity contribution < 1.29 is 20.1 Å². The van der Waals surface area contributed by atoms with E-state index in [1.165, 1.54) is 0 Å². The molecule has 2 fully saturated rings. The van der Waals surface area contributed by atoms with Crippen molar-refractivity contribution in [1.29, 1.82) is 0 Å². The number of rotatable bonds is 3. The summed E-state index contributed by atoms with van der Waals surface area (Å²) in [5, 5.41) is 30.3. The second-order valence-electron chi connectivity index (χ2n) is 6.68. The van der Waals surface area contributed by atoms with Gasteiger partial charge in [-0.1, -0.05) is 25.6 Å². The maximum Gasteiger partial charge on any atom is 0.251 e. The number of amides is 1. The third-order valence-corrected chi connectivity index (χ3v) is 4.62. The Morgan fingerprint density at radius 2 is 1.72 bits per heavy atom. The number of nitrogens with two attached hydrogens (primary N) is 1. The first-order valence-corrected chi connectivity index (χ1v) is 8.61. The van der Waals surface area contributed by atoms with Crippen molar-refractivity contribution in [1.82, 2.24) is 5.32 Å². The quantitative estimate of drug-likeness (QED) is 0.563. The molecule has 0 bridgehead atoms. The van der Waals surface area contributed by atoms with Gasteiger partial charge >= 0.3 is 0 Å². The van der Waals surface area contributed by atoms with Crippen LogP contribution in [0.3, 0.4) is 0 Å². The van der Waals surface area contributed by atoms with Crippen molar-refractivity contribution in [2.75, 3.05) is 0 Å². The molecule has 6 heteroatoms. The van der Waals surface area contributed by atoms with Crippen LogP contribution in [-0.2, 0) is 6.61 Å². The van der Waals surface area contributed by atoms with Crippen LogP contribution in [0.2, 0.25) is 0 Å². The Bertz CT molecular complexity index is 530. The molecule has 6 N–H and O–H groups in total. The Morgan fingerprint density at radius 1 is 1.08 bits per heavy atom. The summed E-state index contributed by atoms with van der Waals surface area (Å²) in [4.78, 5) is 12.0. The molecule has 1 aromatic rings. The Hall–Kier alpha value is -1.47. The van der Waals surface area contributed by atoms with Gasteiger partial charge in [0.1, 0.15) is 0 Å². The fourth-order valence-corrected chi connectivity index (χ4v) is 3.22. The lowest BCUT2D eigenvalue weighted by Gasteiger charge is -2.13. The Labute approximate surface area is 150 Å². The molecule has 3 rings (SSSR count). The Morgan fingerprint density at radius 3 is 2.20 bits per heavy atom. The van der Waals surface area contributed by atoms with E-state index in [9.17, 15) is 9.90 Å². The van der Waals surface area contributed by atoms with Crippen LogP contribution in [0.15, 0.2) is 24.3 Å². The molecular weight excluding hydrogens is 320 g/mol. The summed E-state index contributed by atoms with van der Waals surface area (Å²) in [5.74, 6) is -0.172. The number of aliphatic hydroxyl groups excluding tert-OH is 3. The zero-order valence-corrected chi connectivity index (χ0v) is 13.9. The number of hydrogen-bond donors (Lipinski definition) is 5. The molecule has 2 aliphatic carbocycles. The fourth-order valence-electron chi connectivity index (χ4n) is 3.22. The summed E-state index contributed by atoms with van der Waals surface area (Å²) in [5.41, 5.74) is 6.60. The monoisotopic (exact) mass is 352 g/mol. The van der Waals surface area contributed by atoms with Gasteiger partial charge in [-0.05, 0) is 50.2 Å². The van der Waals surface area contributed by atoms with E-state index in [1.54, 1.807) is 24.3 Å². The lowest BCUT2D eigenvalue weighted by Crippen LogP contribution is -2.33. The van der Waals surface area contributed by atoms with Crippen LogP contribution >= 0.6 is 0 Å². The normalized spacial score (nSPS) is 27.8. The molecule has 0 spiro atoms. The van der Waals surface area contributed by atoms with E-state index in [-0.39, 0.29) is 44.2 Å². The predicted molar refractivity (Wildman–Crippen MR) is 98.0 cm³/mol. The maximum atomic E-state index is 12.0. The summed E-state index contributed by atoms with van der Waals surface area (Å²) < 4.78 is 0. The average Bonchev–Trinajstić information content (AvgIpc) is 3.15. The summed E-state index contributed by atoms with van der Waals surface area (Å²) in [7, 11) is 0. The van der Waals surface area contributed by atoms with Crippen LogP contribution in [0.1, 0.15) is 61.9 Å². The van der Waals surface area contributed by atoms with Crippen molar-refractivity contribution in [3.8, 4) is 0 Å². The van der Waals surface area contributed by atoms with E-state index in [0.717, 1.165) is 32.1 Å². The molecule has 1 aromatic carbocycles. The van der Waals surface area contributed by atoms with Crippen LogP contribution in [0.5, 0.6) is 0 Å². The van der Waals surface area contributed by atoms with Gasteiger partial charge in [0, 0.05) is 17.6 Å². The van der Waals surface area contributed by atoms with Gasteiger partial charge in [0.25, 0.3) is 5.91 Å². The molecule has 4 atom stereocenters. The highest BCUT2D eigenvalue weighted by molar-refractivity contribution is 5.95. The third kappa shape index (κ3) is 6.74. The van der Waals surface area contributed by atoms with Crippen molar-refractivity contribution in [3.05, 3.63) is 35.4 Å². The van der Waals surface area contributed by atoms with Crippen molar-refractivity contribution >= 4 is 5.91 Å². The van der Waals surface area contributed by atoms with Gasteiger partial charge < -0.3 is 26.4 Å². The van der Waals surface area contributed by atoms with Gasteiger partial charge in [-0.25, -0.2) is 0 Å². The van der Waals surface area contributed by atoms with Gasteiger partial charge in [-0.15, -0.1) is 0 Å². The summed E-state index contributed by atoms with van der Waals surface area (Å²) in [6.07, 6.45) is 4.49. The fraction of sp³-hybridized carbons (Fsp3) is 0.632. The summed E-state index contributed by atoms with van der Waals surface area (Å²) >= 11 is 0. The van der Waals surface area contributed by atoms with Crippen molar-refractivity contribution in [2.45, 2.75) is 76.9 Å². The van der Waals surface area contributed by atoms with Gasteiger partial charge in [0.05, 0.1) is 18.8 Å². The number of nitrogens with one attached hydrogen (secondary N) is 1. The van der Waals surface area contributed by atoms with Crippen molar-refractivity contribution in [2.24, 2.45) is 5.73 Å². The molecule has 2 aliphatic rings. The van der Waals surface area contributed by atoms with Gasteiger partial charge in [0.15, 0.2) is 0 Å². The third-order valence-electron chi connectivity index (χ3n) is 4.62. The van der Waals surface area contributed by atoms with E-state index in [1.807, 2.05) is 0 Å². The molecule has 0 aromatic heterocycles. The van der Waals surface area contributed by atoms with Crippen LogP contribution < -0.4 is 11.1 Å². The number of hydrogen-bond acceptors (Lipinski definition) is 5.